The average Bonchev–Trinajstić information content (AvgIpc) is 1.93. The Morgan fingerprint density at radius 2 is 2.00 bits per heavy atom. The number of hydrogen-bond acceptors (Lipinski definition) is 4. The fraction of sp³-hybridized carbons (Fsp3) is 0.875. The number of primary amides is 1. The Morgan fingerprint density at radius 3 is 2.40 bits per heavy atom. The van der Waals surface area contributed by atoms with Crippen molar-refractivity contribution in [1.82, 2.24) is 4.72 Å². The number of nitrogens with two attached hydrogens (primary N) is 1. The topological polar surface area (TPSA) is 98.5 Å². The van der Waals surface area contributed by atoms with Crippen molar-refractivity contribution in [3.63, 3.8) is 0 Å². The molecule has 0 bridgehead atoms. The summed E-state index contributed by atoms with van der Waals surface area (Å²) in [5.74, 6) is 0. The van der Waals surface area contributed by atoms with E-state index in [-0.39, 0.29) is 0 Å². The summed E-state index contributed by atoms with van der Waals surface area (Å²) >= 11 is 0. The third kappa shape index (κ3) is 9.48. The molecule has 15 heavy (non-hydrogen) atoms. The van der Waals surface area contributed by atoms with Crippen molar-refractivity contribution in [2.45, 2.75) is 32.3 Å². The van der Waals surface area contributed by atoms with Gasteiger partial charge in [0.05, 0.1) is 6.26 Å². The first-order chi connectivity index (χ1) is 6.62. The summed E-state index contributed by atoms with van der Waals surface area (Å²) < 4.78 is 28.6. The third-order valence-corrected chi connectivity index (χ3v) is 2.43. The van der Waals surface area contributed by atoms with E-state index in [1.54, 1.807) is 13.8 Å². The highest BCUT2D eigenvalue weighted by molar-refractivity contribution is 7.88. The first-order valence-electron chi connectivity index (χ1n) is 4.55. The van der Waals surface area contributed by atoms with Crippen LogP contribution in [0.3, 0.4) is 0 Å². The molecule has 0 saturated heterocycles. The van der Waals surface area contributed by atoms with Crippen LogP contribution in [0.15, 0.2) is 0 Å². The highest BCUT2D eigenvalue weighted by Gasteiger charge is 2.20. The van der Waals surface area contributed by atoms with Crippen molar-refractivity contribution in [2.24, 2.45) is 5.73 Å². The van der Waals surface area contributed by atoms with Crippen LogP contribution in [-0.4, -0.2) is 32.9 Å². The normalized spacial score (nSPS) is 12.5. The average molecular weight is 238 g/mol. The lowest BCUT2D eigenvalue weighted by Crippen LogP contribution is -2.32. The van der Waals surface area contributed by atoms with Crippen molar-refractivity contribution in [2.75, 3.05) is 12.8 Å². The lowest BCUT2D eigenvalue weighted by atomic mass is 10.0. The summed E-state index contributed by atoms with van der Waals surface area (Å²) in [5.41, 5.74) is 4.22. The Kier molecular flexibility index (Phi) is 5.02. The molecular weight excluding hydrogens is 220 g/mol. The maximum absolute atomic E-state index is 10.7. The highest BCUT2D eigenvalue weighted by Crippen LogP contribution is 2.15. The van der Waals surface area contributed by atoms with Crippen LogP contribution in [0.1, 0.15) is 26.7 Å². The van der Waals surface area contributed by atoms with Crippen LogP contribution in [0, 0.1) is 0 Å². The van der Waals surface area contributed by atoms with Gasteiger partial charge < -0.3 is 10.5 Å². The fourth-order valence-corrected chi connectivity index (χ4v) is 1.61. The van der Waals surface area contributed by atoms with Crippen molar-refractivity contribution in [1.29, 1.82) is 0 Å². The molecule has 3 N–H and O–H groups in total. The van der Waals surface area contributed by atoms with Gasteiger partial charge in [-0.15, -0.1) is 0 Å². The monoisotopic (exact) mass is 238 g/mol. The van der Waals surface area contributed by atoms with Crippen LogP contribution in [0.25, 0.3) is 0 Å². The highest BCUT2D eigenvalue weighted by atomic mass is 32.2. The second kappa shape index (κ2) is 5.32. The van der Waals surface area contributed by atoms with Gasteiger partial charge in [0.15, 0.2) is 0 Å². The Bertz CT molecular complexity index is 311. The number of amides is 1. The minimum Gasteiger partial charge on any atom is -0.444 e. The van der Waals surface area contributed by atoms with E-state index in [9.17, 15) is 13.2 Å². The summed E-state index contributed by atoms with van der Waals surface area (Å²) in [6.45, 7) is 3.76. The first kappa shape index (κ1) is 14.2. The van der Waals surface area contributed by atoms with Crippen LogP contribution < -0.4 is 10.5 Å². The predicted molar refractivity (Wildman–Crippen MR) is 56.8 cm³/mol. The van der Waals surface area contributed by atoms with E-state index in [1.807, 2.05) is 0 Å². The van der Waals surface area contributed by atoms with E-state index >= 15 is 0 Å². The van der Waals surface area contributed by atoms with Crippen LogP contribution in [0.4, 0.5) is 4.79 Å². The molecule has 0 saturated carbocycles. The largest absolute Gasteiger partial charge is 0.444 e. The van der Waals surface area contributed by atoms with Crippen molar-refractivity contribution < 1.29 is 17.9 Å². The number of carbonyl (C=O) groups excluding carboxylic acids is 1. The molecule has 0 heterocycles. The summed E-state index contributed by atoms with van der Waals surface area (Å²) in [6.07, 6.45) is 1.39. The molecule has 0 fully saturated rings. The lowest BCUT2D eigenvalue weighted by molar-refractivity contribution is 0.0380. The maximum atomic E-state index is 10.7. The van der Waals surface area contributed by atoms with Gasteiger partial charge >= 0.3 is 6.09 Å². The van der Waals surface area contributed by atoms with E-state index in [1.165, 1.54) is 0 Å². The van der Waals surface area contributed by atoms with Gasteiger partial charge in [-0.2, -0.15) is 0 Å². The molecule has 0 aliphatic heterocycles. The van der Waals surface area contributed by atoms with Crippen LogP contribution in [0.2, 0.25) is 0 Å². The predicted octanol–water partition coefficient (Wildman–Crippen LogP) is 0.190. The lowest BCUT2D eigenvalue weighted by Gasteiger charge is -2.23. The summed E-state index contributed by atoms with van der Waals surface area (Å²) in [4.78, 5) is 10.5. The number of rotatable bonds is 6. The zero-order chi connectivity index (χ0) is 12.1. The standard InChI is InChI=1S/C8H18N2O4S/c1-8(2,14-7(9)11)5-4-6-10-15(3,12)13/h10H,4-6H2,1-3H3,(H2,9,11). The molecule has 0 aromatic heterocycles. The molecule has 0 unspecified atom stereocenters. The molecule has 1 amide bonds. The fourth-order valence-electron chi connectivity index (χ4n) is 1.10. The van der Waals surface area contributed by atoms with Gasteiger partial charge in [0.2, 0.25) is 10.0 Å². The van der Waals surface area contributed by atoms with Gasteiger partial charge in [-0.1, -0.05) is 0 Å². The molecule has 0 spiro atoms. The molecule has 0 radical (unpaired) electrons. The maximum Gasteiger partial charge on any atom is 0.405 e. The van der Waals surface area contributed by atoms with Gasteiger partial charge in [-0.05, 0) is 26.7 Å². The molecular formula is C8H18N2O4S. The Balaban J connectivity index is 3.80. The minimum atomic E-state index is -3.15. The number of ether oxygens (including phenoxy) is 1. The second-order valence-corrected chi connectivity index (χ2v) is 5.78. The molecule has 0 aliphatic carbocycles. The number of sulfonamides is 1. The SMILES string of the molecule is CC(C)(CCCNS(C)(=O)=O)OC(N)=O. The van der Waals surface area contributed by atoms with Gasteiger partial charge in [0.25, 0.3) is 0 Å². The molecule has 0 aromatic rings. The van der Waals surface area contributed by atoms with Gasteiger partial charge in [0, 0.05) is 6.54 Å². The molecule has 6 nitrogen and oxygen atoms in total. The molecule has 0 aliphatic rings. The summed E-state index contributed by atoms with van der Waals surface area (Å²) in [6, 6.07) is 0. The van der Waals surface area contributed by atoms with E-state index in [0.29, 0.717) is 19.4 Å². The molecule has 0 aromatic carbocycles. The van der Waals surface area contributed by atoms with Gasteiger partial charge in [-0.25, -0.2) is 17.9 Å². The molecule has 0 rings (SSSR count). The number of nitrogens with one attached hydrogen (secondary N) is 1. The van der Waals surface area contributed by atoms with Crippen molar-refractivity contribution in [3.05, 3.63) is 0 Å². The van der Waals surface area contributed by atoms with Crippen molar-refractivity contribution in [3.8, 4) is 0 Å². The van der Waals surface area contributed by atoms with Gasteiger partial charge in [0.1, 0.15) is 5.60 Å². The second-order valence-electron chi connectivity index (χ2n) is 3.95. The third-order valence-electron chi connectivity index (χ3n) is 1.70. The molecule has 90 valence electrons. The van der Waals surface area contributed by atoms with E-state index in [0.717, 1.165) is 6.26 Å². The minimum absolute atomic E-state index is 0.324. The number of hydrogen-bond donors (Lipinski definition) is 2. The quantitative estimate of drug-likeness (QED) is 0.645. The van der Waals surface area contributed by atoms with Crippen molar-refractivity contribution >= 4 is 16.1 Å². The smallest absolute Gasteiger partial charge is 0.405 e. The molecule has 7 heteroatoms. The van der Waals surface area contributed by atoms with E-state index in [4.69, 9.17) is 10.5 Å². The van der Waals surface area contributed by atoms with Crippen LogP contribution >= 0.6 is 0 Å². The number of carbonyl (C=O) groups is 1. The van der Waals surface area contributed by atoms with Crippen LogP contribution in [-0.2, 0) is 14.8 Å². The molecule has 0 atom stereocenters. The summed E-state index contributed by atoms with van der Waals surface area (Å²) in [5, 5.41) is 0. The Labute approximate surface area is 90.2 Å². The van der Waals surface area contributed by atoms with E-state index < -0.39 is 21.7 Å². The van der Waals surface area contributed by atoms with Crippen LogP contribution in [0.5, 0.6) is 0 Å². The zero-order valence-corrected chi connectivity index (χ0v) is 10.1. The Hall–Kier alpha value is -0.820. The first-order valence-corrected chi connectivity index (χ1v) is 6.45. The summed E-state index contributed by atoms with van der Waals surface area (Å²) in [7, 11) is -3.15. The Morgan fingerprint density at radius 1 is 1.47 bits per heavy atom. The van der Waals surface area contributed by atoms with E-state index in [2.05, 4.69) is 4.72 Å². The van der Waals surface area contributed by atoms with Gasteiger partial charge in [-0.3, -0.25) is 0 Å². The zero-order valence-electron chi connectivity index (χ0n) is 9.24.